The summed E-state index contributed by atoms with van der Waals surface area (Å²) in [5.74, 6) is -0.242. The van der Waals surface area contributed by atoms with E-state index in [0.717, 1.165) is 18.4 Å². The zero-order valence-corrected chi connectivity index (χ0v) is 10.6. The minimum Gasteiger partial charge on any atom is -0.353 e. The smallest absolute Gasteiger partial charge is 0.224 e. The molecular weight excluding hydrogens is 242 g/mol. The molecule has 2 atom stereocenters. The number of pyridine rings is 1. The Kier molecular flexibility index (Phi) is 3.19. The lowest BCUT2D eigenvalue weighted by Crippen LogP contribution is -2.31. The van der Waals surface area contributed by atoms with Crippen molar-refractivity contribution in [3.63, 3.8) is 0 Å². The Balaban J connectivity index is 1.43. The first kappa shape index (κ1) is 12.1. The van der Waals surface area contributed by atoms with Gasteiger partial charge in [0.05, 0.1) is 11.8 Å². The van der Waals surface area contributed by atoms with Gasteiger partial charge in [-0.05, 0) is 30.9 Å². The number of rotatable bonds is 5. The average Bonchev–Trinajstić information content (AvgIpc) is 3.29. The van der Waals surface area contributed by atoms with Crippen LogP contribution in [0.5, 0.6) is 0 Å². The van der Waals surface area contributed by atoms with Crippen molar-refractivity contribution in [2.45, 2.75) is 31.8 Å². The Bertz CT molecular complexity index is 485. The van der Waals surface area contributed by atoms with Crippen molar-refractivity contribution < 1.29 is 9.59 Å². The van der Waals surface area contributed by atoms with Crippen molar-refractivity contribution in [3.05, 3.63) is 30.1 Å². The van der Waals surface area contributed by atoms with Gasteiger partial charge in [0.15, 0.2) is 0 Å². The maximum atomic E-state index is 11.9. The summed E-state index contributed by atoms with van der Waals surface area (Å²) < 4.78 is 0. The van der Waals surface area contributed by atoms with E-state index in [0.29, 0.717) is 19.0 Å². The second-order valence-corrected chi connectivity index (χ2v) is 5.31. The van der Waals surface area contributed by atoms with Crippen LogP contribution in [-0.4, -0.2) is 22.8 Å². The topological polar surface area (TPSA) is 71.1 Å². The molecule has 2 N–H and O–H groups in total. The molecule has 2 saturated carbocycles. The summed E-state index contributed by atoms with van der Waals surface area (Å²) in [4.78, 5) is 27.6. The van der Waals surface area contributed by atoms with Crippen molar-refractivity contribution in [2.75, 3.05) is 0 Å². The first-order chi connectivity index (χ1) is 9.24. The van der Waals surface area contributed by atoms with Crippen LogP contribution in [0.1, 0.15) is 24.8 Å². The van der Waals surface area contributed by atoms with Gasteiger partial charge in [0.1, 0.15) is 0 Å². The lowest BCUT2D eigenvalue weighted by molar-refractivity contribution is -0.127. The molecule has 1 aromatic rings. The van der Waals surface area contributed by atoms with E-state index in [-0.39, 0.29) is 23.7 Å². The number of nitrogens with zero attached hydrogens (tertiary/aromatic N) is 1. The van der Waals surface area contributed by atoms with E-state index < -0.39 is 0 Å². The lowest BCUT2D eigenvalue weighted by Gasteiger charge is -2.05. The highest BCUT2D eigenvalue weighted by molar-refractivity contribution is 5.92. The molecule has 0 aliphatic heterocycles. The zero-order chi connectivity index (χ0) is 13.2. The molecule has 2 fully saturated rings. The van der Waals surface area contributed by atoms with Gasteiger partial charge >= 0.3 is 0 Å². The van der Waals surface area contributed by atoms with E-state index in [1.54, 1.807) is 12.4 Å². The third kappa shape index (κ3) is 3.10. The first-order valence-corrected chi connectivity index (χ1v) is 6.71. The second-order valence-electron chi connectivity index (χ2n) is 5.31. The second kappa shape index (κ2) is 4.99. The normalized spacial score (nSPS) is 24.6. The van der Waals surface area contributed by atoms with E-state index in [9.17, 15) is 9.59 Å². The summed E-state index contributed by atoms with van der Waals surface area (Å²) in [6, 6.07) is 4.12. The van der Waals surface area contributed by atoms with Gasteiger partial charge in [-0.1, -0.05) is 6.07 Å². The molecule has 1 aromatic heterocycles. The predicted octanol–water partition coefficient (Wildman–Crippen LogP) is 0.612. The molecule has 0 radical (unpaired) electrons. The third-order valence-electron chi connectivity index (χ3n) is 3.58. The molecule has 0 bridgehead atoms. The molecule has 0 saturated heterocycles. The van der Waals surface area contributed by atoms with E-state index in [1.165, 1.54) is 0 Å². The van der Waals surface area contributed by atoms with Crippen LogP contribution in [0.3, 0.4) is 0 Å². The SMILES string of the molecule is O=C(NCc1cccnc1)C1CC1C(=O)NC1CC1. The number of carbonyl (C=O) groups excluding carboxylic acids is 2. The van der Waals surface area contributed by atoms with Crippen molar-refractivity contribution in [2.24, 2.45) is 11.8 Å². The van der Waals surface area contributed by atoms with E-state index in [1.807, 2.05) is 12.1 Å². The molecule has 2 unspecified atom stereocenters. The quantitative estimate of drug-likeness (QED) is 0.814. The summed E-state index contributed by atoms with van der Waals surface area (Å²) in [6.45, 7) is 0.472. The van der Waals surface area contributed by atoms with Crippen molar-refractivity contribution >= 4 is 11.8 Å². The van der Waals surface area contributed by atoms with Crippen molar-refractivity contribution in [1.82, 2.24) is 15.6 Å². The number of hydrogen-bond acceptors (Lipinski definition) is 3. The van der Waals surface area contributed by atoms with Crippen LogP contribution in [0.25, 0.3) is 0 Å². The first-order valence-electron chi connectivity index (χ1n) is 6.71. The Morgan fingerprint density at radius 2 is 2.05 bits per heavy atom. The molecule has 5 heteroatoms. The Morgan fingerprint density at radius 1 is 1.26 bits per heavy atom. The van der Waals surface area contributed by atoms with Gasteiger partial charge in [-0.25, -0.2) is 0 Å². The number of amides is 2. The number of hydrogen-bond donors (Lipinski definition) is 2. The lowest BCUT2D eigenvalue weighted by atomic mass is 10.2. The fraction of sp³-hybridized carbons (Fsp3) is 0.500. The van der Waals surface area contributed by atoms with Crippen molar-refractivity contribution in [1.29, 1.82) is 0 Å². The van der Waals surface area contributed by atoms with Gasteiger partial charge in [0.25, 0.3) is 0 Å². The van der Waals surface area contributed by atoms with Crippen LogP contribution in [0.2, 0.25) is 0 Å². The highest BCUT2D eigenvalue weighted by Crippen LogP contribution is 2.39. The minimum absolute atomic E-state index is 0.0280. The summed E-state index contributed by atoms with van der Waals surface area (Å²) in [5.41, 5.74) is 0.968. The predicted molar refractivity (Wildman–Crippen MR) is 68.8 cm³/mol. The van der Waals surface area contributed by atoms with Gasteiger partial charge in [-0.2, -0.15) is 0 Å². The molecule has 0 spiro atoms. The van der Waals surface area contributed by atoms with Gasteiger partial charge < -0.3 is 10.6 Å². The summed E-state index contributed by atoms with van der Waals surface area (Å²) in [5, 5.41) is 5.80. The summed E-state index contributed by atoms with van der Waals surface area (Å²) >= 11 is 0. The Labute approximate surface area is 111 Å². The van der Waals surface area contributed by atoms with Crippen LogP contribution >= 0.6 is 0 Å². The molecule has 0 aromatic carbocycles. The minimum atomic E-state index is -0.143. The number of carbonyl (C=O) groups is 2. The molecule has 1 heterocycles. The number of aromatic nitrogens is 1. The average molecular weight is 259 g/mol. The Hall–Kier alpha value is -1.91. The largest absolute Gasteiger partial charge is 0.353 e. The van der Waals surface area contributed by atoms with Crippen LogP contribution in [-0.2, 0) is 16.1 Å². The molecule has 19 heavy (non-hydrogen) atoms. The molecule has 2 amide bonds. The van der Waals surface area contributed by atoms with Gasteiger partial charge in [-0.15, -0.1) is 0 Å². The van der Waals surface area contributed by atoms with Gasteiger partial charge in [0, 0.05) is 25.0 Å². The highest BCUT2D eigenvalue weighted by atomic mass is 16.2. The monoisotopic (exact) mass is 259 g/mol. The third-order valence-corrected chi connectivity index (χ3v) is 3.58. The maximum Gasteiger partial charge on any atom is 0.224 e. The zero-order valence-electron chi connectivity index (χ0n) is 10.6. The van der Waals surface area contributed by atoms with E-state index >= 15 is 0 Å². The number of nitrogens with one attached hydrogen (secondary N) is 2. The van der Waals surface area contributed by atoms with Crippen molar-refractivity contribution in [3.8, 4) is 0 Å². The molecular formula is C14H17N3O2. The van der Waals surface area contributed by atoms with Crippen LogP contribution < -0.4 is 10.6 Å². The fourth-order valence-electron chi connectivity index (χ4n) is 2.13. The van der Waals surface area contributed by atoms with Gasteiger partial charge in [-0.3, -0.25) is 14.6 Å². The van der Waals surface area contributed by atoms with Crippen LogP contribution in [0, 0.1) is 11.8 Å². The molecule has 5 nitrogen and oxygen atoms in total. The van der Waals surface area contributed by atoms with E-state index in [4.69, 9.17) is 0 Å². The standard InChI is InChI=1S/C14H17N3O2/c18-13(16-8-9-2-1-5-15-7-9)11-6-12(11)14(19)17-10-3-4-10/h1-2,5,7,10-12H,3-4,6,8H2,(H,16,18)(H,17,19). The Morgan fingerprint density at radius 3 is 2.74 bits per heavy atom. The fourth-order valence-corrected chi connectivity index (χ4v) is 2.13. The molecule has 2 aliphatic rings. The molecule has 100 valence electrons. The highest BCUT2D eigenvalue weighted by Gasteiger charge is 2.48. The van der Waals surface area contributed by atoms with Crippen LogP contribution in [0.4, 0.5) is 0 Å². The summed E-state index contributed by atoms with van der Waals surface area (Å²) in [6.07, 6.45) is 6.26. The molecule has 2 aliphatic carbocycles. The maximum absolute atomic E-state index is 11.9. The van der Waals surface area contributed by atoms with Gasteiger partial charge in [0.2, 0.25) is 11.8 Å². The van der Waals surface area contributed by atoms with E-state index in [2.05, 4.69) is 15.6 Å². The molecule has 3 rings (SSSR count). The van der Waals surface area contributed by atoms with Crippen LogP contribution in [0.15, 0.2) is 24.5 Å². The summed E-state index contributed by atoms with van der Waals surface area (Å²) in [7, 11) is 0.